The average Bonchev–Trinajstić information content (AvgIpc) is 3.03. The van der Waals surface area contributed by atoms with E-state index in [1.54, 1.807) is 19.1 Å². The van der Waals surface area contributed by atoms with Crippen molar-refractivity contribution in [3.05, 3.63) is 62.1 Å². The standard InChI is InChI=1S/C18H16N4O2/c1-9-4-5-15-13(6-9)12(11(3)20-15)8-14-17(19)22-16(21-18(14)23)7-10(2)24-22/h4-8,20H,3,19H2,1-2H3/b12-8+. The van der Waals surface area contributed by atoms with Gasteiger partial charge in [0.15, 0.2) is 11.5 Å². The van der Waals surface area contributed by atoms with E-state index in [9.17, 15) is 4.79 Å². The fraction of sp³-hybridized carbons (Fsp3) is 0.111. The molecule has 0 aliphatic heterocycles. The zero-order valence-electron chi connectivity index (χ0n) is 13.4. The summed E-state index contributed by atoms with van der Waals surface area (Å²) < 4.78 is 6.86. The van der Waals surface area contributed by atoms with Gasteiger partial charge in [-0.05, 0) is 32.1 Å². The number of nitrogens with one attached hydrogen (secondary N) is 1. The first kappa shape index (κ1) is 14.3. The summed E-state index contributed by atoms with van der Waals surface area (Å²) in [7, 11) is 0. The van der Waals surface area contributed by atoms with Crippen LogP contribution in [0.25, 0.3) is 29.2 Å². The van der Waals surface area contributed by atoms with E-state index in [2.05, 4.69) is 16.5 Å². The highest BCUT2D eigenvalue weighted by Crippen LogP contribution is 2.14. The summed E-state index contributed by atoms with van der Waals surface area (Å²) >= 11 is 0. The van der Waals surface area contributed by atoms with Crippen LogP contribution in [-0.4, -0.2) is 14.5 Å². The summed E-state index contributed by atoms with van der Waals surface area (Å²) in [6.45, 7) is 7.82. The molecule has 0 bridgehead atoms. The Hall–Kier alpha value is -3.28. The van der Waals surface area contributed by atoms with Crippen molar-refractivity contribution in [2.45, 2.75) is 13.8 Å². The van der Waals surface area contributed by atoms with Gasteiger partial charge >= 0.3 is 0 Å². The van der Waals surface area contributed by atoms with Crippen LogP contribution in [0.1, 0.15) is 16.9 Å². The lowest BCUT2D eigenvalue weighted by Gasteiger charge is -2.01. The van der Waals surface area contributed by atoms with E-state index in [0.717, 1.165) is 27.0 Å². The van der Waals surface area contributed by atoms with Gasteiger partial charge in [0.05, 0.1) is 5.56 Å². The highest BCUT2D eigenvalue weighted by molar-refractivity contribution is 5.83. The van der Waals surface area contributed by atoms with Crippen LogP contribution in [-0.2, 0) is 0 Å². The van der Waals surface area contributed by atoms with Crippen molar-refractivity contribution in [1.82, 2.24) is 14.5 Å². The summed E-state index contributed by atoms with van der Waals surface area (Å²) in [5.74, 6) is 0.853. The number of fused-ring (bicyclic) bond motifs is 2. The van der Waals surface area contributed by atoms with Crippen LogP contribution in [0.3, 0.4) is 0 Å². The summed E-state index contributed by atoms with van der Waals surface area (Å²) in [4.78, 5) is 19.7. The predicted octanol–water partition coefficient (Wildman–Crippen LogP) is 1.21. The predicted molar refractivity (Wildman–Crippen MR) is 94.3 cm³/mol. The van der Waals surface area contributed by atoms with E-state index in [0.29, 0.717) is 11.4 Å². The van der Waals surface area contributed by atoms with Gasteiger partial charge in [-0.15, -0.1) is 4.57 Å². The van der Waals surface area contributed by atoms with Gasteiger partial charge in [0.25, 0.3) is 5.56 Å². The molecule has 0 aliphatic rings. The molecule has 0 radical (unpaired) electrons. The highest BCUT2D eigenvalue weighted by atomic mass is 16.5. The molecule has 0 atom stereocenters. The Labute approximate surface area is 136 Å². The van der Waals surface area contributed by atoms with E-state index < -0.39 is 5.56 Å². The van der Waals surface area contributed by atoms with Crippen LogP contribution in [0.4, 0.5) is 5.82 Å². The molecule has 0 aliphatic carbocycles. The quantitative estimate of drug-likeness (QED) is 0.551. The minimum atomic E-state index is -0.394. The molecule has 120 valence electrons. The lowest BCUT2D eigenvalue weighted by Crippen LogP contribution is -2.24. The van der Waals surface area contributed by atoms with E-state index in [-0.39, 0.29) is 11.4 Å². The van der Waals surface area contributed by atoms with Crippen LogP contribution in [0, 0.1) is 13.8 Å². The summed E-state index contributed by atoms with van der Waals surface area (Å²) in [5.41, 5.74) is 8.51. The lowest BCUT2D eigenvalue weighted by atomic mass is 10.1. The number of benzene rings is 1. The number of nitrogen functional groups attached to an aromatic ring is 1. The Morgan fingerprint density at radius 2 is 2.12 bits per heavy atom. The number of aromatic amines is 1. The van der Waals surface area contributed by atoms with E-state index in [4.69, 9.17) is 10.3 Å². The Morgan fingerprint density at radius 1 is 1.33 bits per heavy atom. The molecule has 0 saturated carbocycles. The normalized spacial score (nSPS) is 12.5. The summed E-state index contributed by atoms with van der Waals surface area (Å²) in [5, 5.41) is 2.53. The van der Waals surface area contributed by atoms with Gasteiger partial charge in [0, 0.05) is 27.5 Å². The van der Waals surface area contributed by atoms with Gasteiger partial charge in [0.1, 0.15) is 5.76 Å². The van der Waals surface area contributed by atoms with Crippen LogP contribution >= 0.6 is 0 Å². The molecular weight excluding hydrogens is 304 g/mol. The highest BCUT2D eigenvalue weighted by Gasteiger charge is 2.12. The maximum absolute atomic E-state index is 12.4. The number of nitrogens with two attached hydrogens (primary N) is 1. The molecule has 3 N–H and O–H groups in total. The topological polar surface area (TPSA) is 89.3 Å². The molecule has 4 rings (SSSR count). The number of nitrogens with zero attached hydrogens (tertiary/aromatic N) is 2. The average molecular weight is 320 g/mol. The number of hydrogen-bond acceptors (Lipinski definition) is 4. The van der Waals surface area contributed by atoms with Crippen LogP contribution in [0.5, 0.6) is 0 Å². The Balaban J connectivity index is 2.11. The molecule has 0 unspecified atom stereocenters. The lowest BCUT2D eigenvalue weighted by molar-refractivity contribution is 0.358. The summed E-state index contributed by atoms with van der Waals surface area (Å²) in [6, 6.07) is 7.72. The molecular formula is C18H16N4O2. The van der Waals surface area contributed by atoms with Gasteiger partial charge in [-0.3, -0.25) is 4.79 Å². The zero-order chi connectivity index (χ0) is 17.0. The third-order valence-corrected chi connectivity index (χ3v) is 4.08. The van der Waals surface area contributed by atoms with Gasteiger partial charge < -0.3 is 15.2 Å². The van der Waals surface area contributed by atoms with Crippen molar-refractivity contribution >= 4 is 35.0 Å². The van der Waals surface area contributed by atoms with Crippen LogP contribution in [0.15, 0.2) is 33.6 Å². The maximum Gasteiger partial charge on any atom is 0.282 e. The SMILES string of the molecule is C=c1[nH]c2ccc(C)cc2/c1=C/c1c(N)n2oc(C)cc2nc1=O. The molecule has 3 heterocycles. The number of aromatic nitrogens is 3. The van der Waals surface area contributed by atoms with Crippen LogP contribution < -0.4 is 21.9 Å². The first-order chi connectivity index (χ1) is 11.4. The zero-order valence-corrected chi connectivity index (χ0v) is 13.4. The second-order valence-corrected chi connectivity index (χ2v) is 5.93. The third-order valence-electron chi connectivity index (χ3n) is 4.08. The molecule has 6 heteroatoms. The number of anilines is 1. The van der Waals surface area contributed by atoms with E-state index >= 15 is 0 Å². The van der Waals surface area contributed by atoms with Gasteiger partial charge in [-0.1, -0.05) is 18.2 Å². The largest absolute Gasteiger partial charge is 0.382 e. The van der Waals surface area contributed by atoms with Gasteiger partial charge in [0.2, 0.25) is 0 Å². The molecule has 4 aromatic rings. The Bertz CT molecular complexity index is 1270. The molecule has 0 amide bonds. The van der Waals surface area contributed by atoms with Crippen molar-refractivity contribution in [3.63, 3.8) is 0 Å². The second kappa shape index (κ2) is 4.86. The molecule has 1 aromatic carbocycles. The molecule has 3 aromatic heterocycles. The van der Waals surface area contributed by atoms with E-state index in [1.807, 2.05) is 25.1 Å². The monoisotopic (exact) mass is 320 g/mol. The second-order valence-electron chi connectivity index (χ2n) is 5.93. The molecule has 0 spiro atoms. The Kier molecular flexibility index (Phi) is 2.90. The number of rotatable bonds is 1. The fourth-order valence-corrected chi connectivity index (χ4v) is 2.92. The van der Waals surface area contributed by atoms with Crippen molar-refractivity contribution in [2.24, 2.45) is 0 Å². The minimum Gasteiger partial charge on any atom is -0.382 e. The maximum atomic E-state index is 12.4. The van der Waals surface area contributed by atoms with Crippen LogP contribution in [0.2, 0.25) is 0 Å². The summed E-state index contributed by atoms with van der Waals surface area (Å²) in [6.07, 6.45) is 1.72. The Morgan fingerprint density at radius 3 is 2.92 bits per heavy atom. The first-order valence-electron chi connectivity index (χ1n) is 7.52. The van der Waals surface area contributed by atoms with Crippen molar-refractivity contribution in [2.75, 3.05) is 5.73 Å². The number of H-pyrrole nitrogens is 1. The van der Waals surface area contributed by atoms with Gasteiger partial charge in [-0.25, -0.2) is 0 Å². The molecule has 6 nitrogen and oxygen atoms in total. The fourth-order valence-electron chi connectivity index (χ4n) is 2.92. The molecule has 0 fully saturated rings. The van der Waals surface area contributed by atoms with Crippen molar-refractivity contribution in [1.29, 1.82) is 0 Å². The van der Waals surface area contributed by atoms with Gasteiger partial charge in [-0.2, -0.15) is 4.98 Å². The number of hydrogen-bond donors (Lipinski definition) is 2. The van der Waals surface area contributed by atoms with Crippen molar-refractivity contribution in [3.8, 4) is 0 Å². The van der Waals surface area contributed by atoms with E-state index in [1.165, 1.54) is 4.57 Å². The minimum absolute atomic E-state index is 0.222. The first-order valence-corrected chi connectivity index (χ1v) is 7.52. The molecule has 0 saturated heterocycles. The molecule has 24 heavy (non-hydrogen) atoms. The smallest absolute Gasteiger partial charge is 0.282 e. The number of aryl methyl sites for hydroxylation is 2. The third kappa shape index (κ3) is 2.04. The van der Waals surface area contributed by atoms with Crippen molar-refractivity contribution < 1.29 is 4.52 Å².